The highest BCUT2D eigenvalue weighted by Gasteiger charge is 2.29. The minimum Gasteiger partial charge on any atom is -0.481 e. The molecule has 2 aromatic rings. The molecule has 16 heteroatoms. The number of aromatic carboxylic acids is 1. The summed E-state index contributed by atoms with van der Waals surface area (Å²) < 4.78 is 62.6. The summed E-state index contributed by atoms with van der Waals surface area (Å²) in [6.45, 7) is 1.29. The van der Waals surface area contributed by atoms with Crippen molar-refractivity contribution < 1.29 is 41.0 Å². The molecule has 0 saturated carbocycles. The van der Waals surface area contributed by atoms with Crippen molar-refractivity contribution in [3.8, 4) is 11.8 Å². The fourth-order valence-electron chi connectivity index (χ4n) is 2.47. The Morgan fingerprint density at radius 3 is 2.06 bits per heavy atom. The van der Waals surface area contributed by atoms with E-state index in [2.05, 4.69) is 15.3 Å². The first-order chi connectivity index (χ1) is 14.8. The van der Waals surface area contributed by atoms with Crippen LogP contribution in [0.1, 0.15) is 15.9 Å². The first kappa shape index (κ1) is 24.6. The smallest absolute Gasteiger partial charge is 0.337 e. The number of methoxy groups -OCH3 is 2. The third kappa shape index (κ3) is 5.94. The van der Waals surface area contributed by atoms with Crippen LogP contribution in [0.25, 0.3) is 0 Å². The van der Waals surface area contributed by atoms with E-state index in [1.807, 2.05) is 4.72 Å². The van der Waals surface area contributed by atoms with Crippen molar-refractivity contribution in [1.29, 1.82) is 0 Å². The van der Waals surface area contributed by atoms with Gasteiger partial charge in [0.2, 0.25) is 27.7 Å². The number of amides is 2. The van der Waals surface area contributed by atoms with E-state index in [1.54, 1.807) is 4.72 Å². The molecule has 0 radical (unpaired) electrons. The van der Waals surface area contributed by atoms with E-state index >= 15 is 0 Å². The Labute approximate surface area is 183 Å². The van der Waals surface area contributed by atoms with Crippen LogP contribution < -0.4 is 24.2 Å². The SMILES string of the molecule is COc1cc(OC)nc(NC(=O)NS(=O)(=O)c2c(C)ccc(C(=O)O)c2NS(C)(=O)=O)n1. The number of hydrogen-bond donors (Lipinski definition) is 4. The number of benzene rings is 1. The first-order valence-corrected chi connectivity index (χ1v) is 11.8. The van der Waals surface area contributed by atoms with Gasteiger partial charge in [-0.3, -0.25) is 10.0 Å². The lowest BCUT2D eigenvalue weighted by atomic mass is 10.1. The van der Waals surface area contributed by atoms with E-state index in [1.165, 1.54) is 27.2 Å². The van der Waals surface area contributed by atoms with Crippen molar-refractivity contribution in [2.24, 2.45) is 0 Å². The molecule has 32 heavy (non-hydrogen) atoms. The molecule has 174 valence electrons. The van der Waals surface area contributed by atoms with E-state index in [-0.39, 0.29) is 23.3 Å². The fourth-order valence-corrected chi connectivity index (χ4v) is 4.43. The molecule has 2 amide bonds. The van der Waals surface area contributed by atoms with Gasteiger partial charge in [0.15, 0.2) is 0 Å². The fraction of sp³-hybridized carbons (Fsp3) is 0.250. The third-order valence-electron chi connectivity index (χ3n) is 3.69. The predicted molar refractivity (Wildman–Crippen MR) is 111 cm³/mol. The average molecular weight is 489 g/mol. The van der Waals surface area contributed by atoms with Crippen LogP contribution in [0.5, 0.6) is 11.8 Å². The van der Waals surface area contributed by atoms with Gasteiger partial charge in [-0.15, -0.1) is 0 Å². The molecule has 0 bridgehead atoms. The van der Waals surface area contributed by atoms with Crippen LogP contribution in [0.15, 0.2) is 23.1 Å². The number of aryl methyl sites for hydroxylation is 1. The summed E-state index contributed by atoms with van der Waals surface area (Å²) in [7, 11) is -6.26. The molecule has 0 aliphatic carbocycles. The van der Waals surface area contributed by atoms with E-state index < -0.39 is 48.2 Å². The number of aromatic nitrogens is 2. The Morgan fingerprint density at radius 2 is 1.59 bits per heavy atom. The maximum absolute atomic E-state index is 12.9. The molecular formula is C16H19N5O9S2. The third-order valence-corrected chi connectivity index (χ3v) is 5.78. The number of carboxylic acids is 1. The monoisotopic (exact) mass is 489 g/mol. The lowest BCUT2D eigenvalue weighted by molar-refractivity contribution is 0.0697. The molecule has 14 nitrogen and oxygen atoms in total. The topological polar surface area (TPSA) is 203 Å². The standard InChI is InChI=1S/C16H19N5O9S2/c1-8-5-6-9(14(22)23)12(20-31(4,25)26)13(8)32(27,28)21-16(24)19-15-17-10(29-2)7-11(18-15)30-3/h5-7,20H,1-4H3,(H,22,23)(H2,17,18,19,21,24). The van der Waals surface area contributed by atoms with Gasteiger partial charge in [0.1, 0.15) is 4.90 Å². The quantitative estimate of drug-likeness (QED) is 0.399. The second kappa shape index (κ2) is 9.23. The maximum atomic E-state index is 12.9. The van der Waals surface area contributed by atoms with Gasteiger partial charge in [-0.25, -0.2) is 31.1 Å². The molecule has 0 saturated heterocycles. The number of rotatable bonds is 8. The van der Waals surface area contributed by atoms with E-state index in [9.17, 15) is 31.5 Å². The van der Waals surface area contributed by atoms with Crippen LogP contribution >= 0.6 is 0 Å². The van der Waals surface area contributed by atoms with E-state index in [0.717, 1.165) is 12.1 Å². The molecule has 0 unspecified atom stereocenters. The van der Waals surface area contributed by atoms with E-state index in [0.29, 0.717) is 6.26 Å². The van der Waals surface area contributed by atoms with E-state index in [4.69, 9.17) is 9.47 Å². The minimum atomic E-state index is -4.77. The summed E-state index contributed by atoms with van der Waals surface area (Å²) in [6, 6.07) is 2.18. The number of carbonyl (C=O) groups is 2. The zero-order valence-corrected chi connectivity index (χ0v) is 18.8. The maximum Gasteiger partial charge on any atom is 0.337 e. The van der Waals surface area contributed by atoms with Gasteiger partial charge >= 0.3 is 12.0 Å². The van der Waals surface area contributed by atoms with Gasteiger partial charge < -0.3 is 14.6 Å². The first-order valence-electron chi connectivity index (χ1n) is 8.43. The number of hydrogen-bond acceptors (Lipinski definition) is 10. The van der Waals surface area contributed by atoms with Crippen LogP contribution in [0, 0.1) is 6.92 Å². The molecule has 0 aliphatic heterocycles. The number of ether oxygens (including phenoxy) is 2. The average Bonchev–Trinajstić information content (AvgIpc) is 2.65. The van der Waals surface area contributed by atoms with Crippen molar-refractivity contribution >= 4 is 43.7 Å². The largest absolute Gasteiger partial charge is 0.481 e. The Morgan fingerprint density at radius 1 is 1.03 bits per heavy atom. The molecule has 0 aliphatic rings. The molecule has 0 fully saturated rings. The van der Waals surface area contributed by atoms with Gasteiger partial charge in [-0.1, -0.05) is 6.07 Å². The zero-order valence-electron chi connectivity index (χ0n) is 17.2. The highest BCUT2D eigenvalue weighted by atomic mass is 32.2. The number of nitrogens with zero attached hydrogens (tertiary/aromatic N) is 2. The van der Waals surface area contributed by atoms with Crippen molar-refractivity contribution in [2.45, 2.75) is 11.8 Å². The zero-order chi connectivity index (χ0) is 24.3. The summed E-state index contributed by atoms with van der Waals surface area (Å²) in [5, 5.41) is 11.4. The predicted octanol–water partition coefficient (Wildman–Crippen LogP) is 0.382. The van der Waals surface area contributed by atoms with Gasteiger partial charge in [-0.2, -0.15) is 9.97 Å². The Bertz CT molecular complexity index is 1250. The van der Waals surface area contributed by atoms with Crippen LogP contribution in [-0.2, 0) is 20.0 Å². The Kier molecular flexibility index (Phi) is 7.10. The molecule has 0 spiro atoms. The molecule has 1 heterocycles. The molecular weight excluding hydrogens is 470 g/mol. The van der Waals surface area contributed by atoms with Crippen LogP contribution in [0.2, 0.25) is 0 Å². The second-order valence-electron chi connectivity index (χ2n) is 6.15. The summed E-state index contributed by atoms with van der Waals surface area (Å²) in [5.41, 5.74) is -1.39. The highest BCUT2D eigenvalue weighted by Crippen LogP contribution is 2.30. The summed E-state index contributed by atoms with van der Waals surface area (Å²) in [5.74, 6) is -1.92. The van der Waals surface area contributed by atoms with Crippen LogP contribution in [0.4, 0.5) is 16.4 Å². The molecule has 4 N–H and O–H groups in total. The summed E-state index contributed by atoms with van der Waals surface area (Å²) in [6.07, 6.45) is 0.713. The number of urea groups is 1. The lowest BCUT2D eigenvalue weighted by Gasteiger charge is -2.17. The van der Waals surface area contributed by atoms with Crippen molar-refractivity contribution in [2.75, 3.05) is 30.5 Å². The molecule has 1 aromatic carbocycles. The van der Waals surface area contributed by atoms with Crippen molar-refractivity contribution in [1.82, 2.24) is 14.7 Å². The summed E-state index contributed by atoms with van der Waals surface area (Å²) >= 11 is 0. The van der Waals surface area contributed by atoms with Crippen LogP contribution in [-0.4, -0.2) is 64.4 Å². The van der Waals surface area contributed by atoms with Crippen molar-refractivity contribution in [3.05, 3.63) is 29.3 Å². The summed E-state index contributed by atoms with van der Waals surface area (Å²) in [4.78, 5) is 30.7. The van der Waals surface area contributed by atoms with Crippen molar-refractivity contribution in [3.63, 3.8) is 0 Å². The minimum absolute atomic E-state index is 0.0136. The number of sulfonamides is 2. The molecule has 1 aromatic heterocycles. The Balaban J connectivity index is 2.47. The Hall–Kier alpha value is -3.66. The van der Waals surface area contributed by atoms with Gasteiger partial charge in [0.25, 0.3) is 10.0 Å². The van der Waals surface area contributed by atoms with Gasteiger partial charge in [0, 0.05) is 0 Å². The van der Waals surface area contributed by atoms with Gasteiger partial charge in [-0.05, 0) is 18.6 Å². The number of nitrogens with one attached hydrogen (secondary N) is 3. The molecule has 2 rings (SSSR count). The second-order valence-corrected chi connectivity index (χ2v) is 9.52. The van der Waals surface area contributed by atoms with Gasteiger partial charge in [0.05, 0.1) is 37.8 Å². The number of carbonyl (C=O) groups excluding carboxylic acids is 1. The number of anilines is 2. The van der Waals surface area contributed by atoms with Crippen LogP contribution in [0.3, 0.4) is 0 Å². The number of carboxylic acid groups (broad SMARTS) is 1. The highest BCUT2D eigenvalue weighted by molar-refractivity contribution is 7.92. The lowest BCUT2D eigenvalue weighted by Crippen LogP contribution is -2.36. The normalized spacial score (nSPS) is 11.4. The molecule has 0 atom stereocenters.